The van der Waals surface area contributed by atoms with Crippen molar-refractivity contribution >= 4 is 5.78 Å². The molecule has 1 heterocycles. The van der Waals surface area contributed by atoms with Crippen LogP contribution in [-0.2, 0) is 4.79 Å². The summed E-state index contributed by atoms with van der Waals surface area (Å²) in [6.07, 6.45) is 1.18. The first-order valence-electron chi connectivity index (χ1n) is 4.41. The number of nitrogens with zero attached hydrogens (tertiary/aromatic N) is 1. The predicted octanol–water partition coefficient (Wildman–Crippen LogP) is 1.46. The van der Waals surface area contributed by atoms with Crippen LogP contribution in [0.1, 0.15) is 26.7 Å². The van der Waals surface area contributed by atoms with Crippen LogP contribution in [-0.4, -0.2) is 28.9 Å². The minimum Gasteiger partial charge on any atom is -0.503 e. The number of ketones is 1. The number of rotatable bonds is 2. The molecule has 0 amide bonds. The van der Waals surface area contributed by atoms with Gasteiger partial charge in [-0.05, 0) is 13.3 Å². The van der Waals surface area contributed by atoms with E-state index in [4.69, 9.17) is 0 Å². The van der Waals surface area contributed by atoms with E-state index >= 15 is 0 Å². The van der Waals surface area contributed by atoms with E-state index in [1.54, 1.807) is 0 Å². The molecule has 0 saturated carbocycles. The molecule has 1 aliphatic rings. The lowest BCUT2D eigenvalue weighted by Gasteiger charge is -2.29. The third-order valence-electron chi connectivity index (χ3n) is 2.24. The molecule has 3 heteroatoms. The molecule has 0 radical (unpaired) electrons. The van der Waals surface area contributed by atoms with Crippen molar-refractivity contribution in [2.75, 3.05) is 13.1 Å². The molecular weight excluding hydrogens is 154 g/mol. The van der Waals surface area contributed by atoms with Gasteiger partial charge in [-0.2, -0.15) is 0 Å². The molecule has 0 bridgehead atoms. The number of allylic oxidation sites excluding steroid dienone is 2. The summed E-state index contributed by atoms with van der Waals surface area (Å²) in [5.41, 5.74) is 0.800. The van der Waals surface area contributed by atoms with Crippen LogP contribution in [0, 0.1) is 0 Å². The van der Waals surface area contributed by atoms with E-state index in [2.05, 4.69) is 4.90 Å². The van der Waals surface area contributed by atoms with E-state index in [0.717, 1.165) is 25.2 Å². The SMILES string of the molecule is CCC1=C(O)C(=O)CCN1CC. The largest absolute Gasteiger partial charge is 0.503 e. The quantitative estimate of drug-likeness (QED) is 0.680. The number of hydrogen-bond acceptors (Lipinski definition) is 3. The first-order chi connectivity index (χ1) is 5.70. The summed E-state index contributed by atoms with van der Waals surface area (Å²) in [6, 6.07) is 0. The lowest BCUT2D eigenvalue weighted by molar-refractivity contribution is -0.119. The molecule has 0 unspecified atom stereocenters. The van der Waals surface area contributed by atoms with E-state index in [9.17, 15) is 9.90 Å². The van der Waals surface area contributed by atoms with Crippen LogP contribution in [0.15, 0.2) is 11.5 Å². The first kappa shape index (κ1) is 9.10. The highest BCUT2D eigenvalue weighted by molar-refractivity contribution is 5.94. The molecule has 1 rings (SSSR count). The van der Waals surface area contributed by atoms with Crippen molar-refractivity contribution in [3.05, 3.63) is 11.5 Å². The molecule has 0 aromatic rings. The normalized spacial score (nSPS) is 18.8. The van der Waals surface area contributed by atoms with Gasteiger partial charge in [-0.25, -0.2) is 0 Å². The second kappa shape index (κ2) is 3.61. The summed E-state index contributed by atoms with van der Waals surface area (Å²) >= 11 is 0. The van der Waals surface area contributed by atoms with Crippen molar-refractivity contribution in [3.63, 3.8) is 0 Å². The van der Waals surface area contributed by atoms with Crippen molar-refractivity contribution in [3.8, 4) is 0 Å². The fourth-order valence-electron chi connectivity index (χ4n) is 1.54. The van der Waals surface area contributed by atoms with Gasteiger partial charge in [0.15, 0.2) is 5.76 Å². The van der Waals surface area contributed by atoms with E-state index in [-0.39, 0.29) is 11.5 Å². The fourth-order valence-corrected chi connectivity index (χ4v) is 1.54. The molecule has 0 aromatic heterocycles. The van der Waals surface area contributed by atoms with E-state index in [0.29, 0.717) is 6.42 Å². The van der Waals surface area contributed by atoms with Gasteiger partial charge in [0.2, 0.25) is 5.78 Å². The fraction of sp³-hybridized carbons (Fsp3) is 0.667. The van der Waals surface area contributed by atoms with Crippen LogP contribution >= 0.6 is 0 Å². The topological polar surface area (TPSA) is 40.5 Å². The monoisotopic (exact) mass is 169 g/mol. The molecule has 0 aromatic carbocycles. The zero-order chi connectivity index (χ0) is 9.14. The Bertz CT molecular complexity index is 221. The maximum absolute atomic E-state index is 11.1. The Morgan fingerprint density at radius 2 is 2.17 bits per heavy atom. The summed E-state index contributed by atoms with van der Waals surface area (Å²) < 4.78 is 0. The Balaban J connectivity index is 2.91. The van der Waals surface area contributed by atoms with Crippen molar-refractivity contribution < 1.29 is 9.90 Å². The number of carbonyl (C=O) groups excluding carboxylic acids is 1. The van der Waals surface area contributed by atoms with Gasteiger partial charge in [-0.15, -0.1) is 0 Å². The summed E-state index contributed by atoms with van der Waals surface area (Å²) in [5, 5.41) is 9.43. The van der Waals surface area contributed by atoms with Gasteiger partial charge in [0.25, 0.3) is 0 Å². The molecule has 0 spiro atoms. The van der Waals surface area contributed by atoms with Crippen LogP contribution in [0.25, 0.3) is 0 Å². The van der Waals surface area contributed by atoms with Gasteiger partial charge in [0.05, 0.1) is 5.70 Å². The van der Waals surface area contributed by atoms with Gasteiger partial charge in [0.1, 0.15) is 0 Å². The molecular formula is C9H15NO2. The molecule has 0 aliphatic carbocycles. The standard InChI is InChI=1S/C9H15NO2/c1-3-7-9(12)8(11)5-6-10(7)4-2/h12H,3-6H2,1-2H3. The smallest absolute Gasteiger partial charge is 0.200 e. The lowest BCUT2D eigenvalue weighted by atomic mass is 10.1. The van der Waals surface area contributed by atoms with Crippen molar-refractivity contribution in [2.24, 2.45) is 0 Å². The van der Waals surface area contributed by atoms with Crippen LogP contribution < -0.4 is 0 Å². The zero-order valence-electron chi connectivity index (χ0n) is 7.63. The summed E-state index contributed by atoms with van der Waals surface area (Å²) in [7, 11) is 0. The van der Waals surface area contributed by atoms with Crippen molar-refractivity contribution in [1.29, 1.82) is 0 Å². The summed E-state index contributed by atoms with van der Waals surface area (Å²) in [5.74, 6) is -0.137. The minimum absolute atomic E-state index is 0.0226. The van der Waals surface area contributed by atoms with Gasteiger partial charge in [0, 0.05) is 19.5 Å². The second-order valence-corrected chi connectivity index (χ2v) is 2.90. The van der Waals surface area contributed by atoms with Crippen molar-refractivity contribution in [1.82, 2.24) is 4.90 Å². The maximum Gasteiger partial charge on any atom is 0.200 e. The second-order valence-electron chi connectivity index (χ2n) is 2.90. The summed E-state index contributed by atoms with van der Waals surface area (Å²) in [6.45, 7) is 5.59. The Morgan fingerprint density at radius 1 is 1.50 bits per heavy atom. The molecule has 1 aliphatic heterocycles. The number of aliphatic hydroxyl groups is 1. The van der Waals surface area contributed by atoms with Crippen LogP contribution in [0.4, 0.5) is 0 Å². The summed E-state index contributed by atoms with van der Waals surface area (Å²) in [4.78, 5) is 13.1. The Labute approximate surface area is 72.7 Å². The average molecular weight is 169 g/mol. The van der Waals surface area contributed by atoms with E-state index in [1.165, 1.54) is 0 Å². The molecule has 1 N–H and O–H groups in total. The van der Waals surface area contributed by atoms with Gasteiger partial charge in [-0.3, -0.25) is 4.79 Å². The molecule has 12 heavy (non-hydrogen) atoms. The Kier molecular flexibility index (Phi) is 2.74. The molecule has 68 valence electrons. The van der Waals surface area contributed by atoms with Gasteiger partial charge in [-0.1, -0.05) is 6.92 Å². The van der Waals surface area contributed by atoms with E-state index in [1.807, 2.05) is 13.8 Å². The lowest BCUT2D eigenvalue weighted by Crippen LogP contribution is -2.32. The molecule has 3 nitrogen and oxygen atoms in total. The van der Waals surface area contributed by atoms with Gasteiger partial charge < -0.3 is 10.0 Å². The molecule has 0 saturated heterocycles. The molecule has 0 atom stereocenters. The van der Waals surface area contributed by atoms with Crippen molar-refractivity contribution in [2.45, 2.75) is 26.7 Å². The predicted molar refractivity (Wildman–Crippen MR) is 46.8 cm³/mol. The average Bonchev–Trinajstić information content (AvgIpc) is 2.09. The Morgan fingerprint density at radius 3 is 2.67 bits per heavy atom. The first-order valence-corrected chi connectivity index (χ1v) is 4.41. The number of aliphatic hydroxyl groups excluding tert-OH is 1. The van der Waals surface area contributed by atoms with Gasteiger partial charge >= 0.3 is 0 Å². The van der Waals surface area contributed by atoms with Crippen LogP contribution in [0.3, 0.4) is 0 Å². The minimum atomic E-state index is -0.114. The third kappa shape index (κ3) is 1.44. The number of hydrogen-bond donors (Lipinski definition) is 1. The number of carbonyl (C=O) groups is 1. The maximum atomic E-state index is 11.1. The highest BCUT2D eigenvalue weighted by Gasteiger charge is 2.23. The number of Topliss-reactive ketones (excluding diaryl/α,β-unsaturated/α-hetero) is 1. The Hall–Kier alpha value is -0.990. The molecule has 0 fully saturated rings. The van der Waals surface area contributed by atoms with Crippen LogP contribution in [0.2, 0.25) is 0 Å². The van der Waals surface area contributed by atoms with Crippen LogP contribution in [0.5, 0.6) is 0 Å². The van der Waals surface area contributed by atoms with E-state index < -0.39 is 0 Å². The zero-order valence-corrected chi connectivity index (χ0v) is 7.63. The highest BCUT2D eigenvalue weighted by atomic mass is 16.3. The highest BCUT2D eigenvalue weighted by Crippen LogP contribution is 2.19. The third-order valence-corrected chi connectivity index (χ3v) is 2.24.